The van der Waals surface area contributed by atoms with Crippen LogP contribution in [-0.2, 0) is 31.5 Å². The van der Waals surface area contributed by atoms with Gasteiger partial charge in [0.2, 0.25) is 0 Å². The number of nitrogens with one attached hydrogen (secondary N) is 1. The molecule has 1 saturated heterocycles. The lowest BCUT2D eigenvalue weighted by Gasteiger charge is -2.26. The third-order valence-electron chi connectivity index (χ3n) is 5.70. The lowest BCUT2D eigenvalue weighted by Crippen LogP contribution is -2.32. The minimum absolute atomic E-state index is 0.0472. The summed E-state index contributed by atoms with van der Waals surface area (Å²) in [4.78, 5) is 25.9. The van der Waals surface area contributed by atoms with Crippen molar-refractivity contribution in [3.63, 3.8) is 0 Å². The third-order valence-corrected chi connectivity index (χ3v) is 5.70. The molecule has 2 aromatic rings. The molecular formula is C22H28F3N5O3. The molecule has 0 aliphatic carbocycles. The van der Waals surface area contributed by atoms with Crippen molar-refractivity contribution in [2.24, 2.45) is 7.05 Å². The molecule has 4 rings (SSSR count). The van der Waals surface area contributed by atoms with Crippen molar-refractivity contribution in [2.45, 2.75) is 52.0 Å². The number of anilines is 1. The molecule has 2 aliphatic heterocycles. The highest BCUT2D eigenvalue weighted by Gasteiger charge is 2.38. The van der Waals surface area contributed by atoms with Gasteiger partial charge in [-0.3, -0.25) is 9.58 Å². The first-order chi connectivity index (χ1) is 15.5. The number of piperidine rings is 1. The number of alkyl halides is 3. The van der Waals surface area contributed by atoms with E-state index in [0.717, 1.165) is 36.7 Å². The van der Waals surface area contributed by atoms with Crippen LogP contribution in [-0.4, -0.2) is 56.0 Å². The van der Waals surface area contributed by atoms with Crippen LogP contribution in [0.4, 0.5) is 23.7 Å². The molecule has 1 aromatic carbocycles. The number of hydrogen-bond acceptors (Lipinski definition) is 4. The minimum atomic E-state index is -5.08. The SMILES string of the molecule is Cc1ccc(NC(=O)N2Cc3c(CN4CCCCC4)nn(C)c3C2)cc1.O=C(O)C(F)(F)F. The molecule has 2 amide bonds. The van der Waals surface area contributed by atoms with Gasteiger partial charge >= 0.3 is 18.2 Å². The molecule has 0 spiro atoms. The summed E-state index contributed by atoms with van der Waals surface area (Å²) >= 11 is 0. The highest BCUT2D eigenvalue weighted by molar-refractivity contribution is 5.89. The van der Waals surface area contributed by atoms with Crippen molar-refractivity contribution in [1.29, 1.82) is 0 Å². The number of benzene rings is 1. The van der Waals surface area contributed by atoms with E-state index in [4.69, 9.17) is 15.0 Å². The van der Waals surface area contributed by atoms with E-state index in [2.05, 4.69) is 10.2 Å². The number of urea groups is 1. The number of nitrogens with zero attached hydrogens (tertiary/aromatic N) is 4. The Labute approximate surface area is 190 Å². The van der Waals surface area contributed by atoms with E-state index >= 15 is 0 Å². The summed E-state index contributed by atoms with van der Waals surface area (Å²) in [6.45, 7) is 6.52. The second-order valence-electron chi connectivity index (χ2n) is 8.29. The predicted octanol–water partition coefficient (Wildman–Crippen LogP) is 3.90. The molecular weight excluding hydrogens is 439 g/mol. The van der Waals surface area contributed by atoms with Crippen LogP contribution in [0.15, 0.2) is 24.3 Å². The first kappa shape index (κ1) is 24.6. The van der Waals surface area contributed by atoms with Gasteiger partial charge in [0.1, 0.15) is 0 Å². The van der Waals surface area contributed by atoms with E-state index < -0.39 is 12.1 Å². The number of aromatic nitrogens is 2. The number of likely N-dealkylation sites (tertiary alicyclic amines) is 1. The number of carbonyl (C=O) groups is 2. The number of hydrogen-bond donors (Lipinski definition) is 2. The quantitative estimate of drug-likeness (QED) is 0.715. The summed E-state index contributed by atoms with van der Waals surface area (Å²) in [7, 11) is 1.99. The maximum absolute atomic E-state index is 12.7. The average Bonchev–Trinajstić information content (AvgIpc) is 3.32. The number of carbonyl (C=O) groups excluding carboxylic acids is 1. The molecule has 3 heterocycles. The van der Waals surface area contributed by atoms with Gasteiger partial charge in [0.25, 0.3) is 0 Å². The van der Waals surface area contributed by atoms with Crippen LogP contribution in [0.5, 0.6) is 0 Å². The highest BCUT2D eigenvalue weighted by atomic mass is 19.4. The second kappa shape index (κ2) is 10.2. The highest BCUT2D eigenvalue weighted by Crippen LogP contribution is 2.27. The average molecular weight is 467 g/mol. The molecule has 0 atom stereocenters. The summed E-state index contributed by atoms with van der Waals surface area (Å²) in [5, 5.41) is 14.9. The van der Waals surface area contributed by atoms with Crippen molar-refractivity contribution in [3.8, 4) is 0 Å². The molecule has 1 aromatic heterocycles. The number of aryl methyl sites for hydroxylation is 2. The largest absolute Gasteiger partial charge is 0.490 e. The van der Waals surface area contributed by atoms with Gasteiger partial charge in [-0.1, -0.05) is 24.1 Å². The molecule has 0 bridgehead atoms. The second-order valence-corrected chi connectivity index (χ2v) is 8.29. The van der Waals surface area contributed by atoms with Crippen molar-refractivity contribution >= 4 is 17.7 Å². The smallest absolute Gasteiger partial charge is 0.475 e. The summed E-state index contributed by atoms with van der Waals surface area (Å²) in [6, 6.07) is 7.86. The Hall–Kier alpha value is -3.08. The molecule has 180 valence electrons. The topological polar surface area (TPSA) is 90.7 Å². The van der Waals surface area contributed by atoms with E-state index in [1.165, 1.54) is 30.4 Å². The Morgan fingerprint density at radius 3 is 2.27 bits per heavy atom. The van der Waals surface area contributed by atoms with Crippen LogP contribution in [0.2, 0.25) is 0 Å². The summed E-state index contributed by atoms with van der Waals surface area (Å²) in [6.07, 6.45) is -1.19. The Kier molecular flexibility index (Phi) is 7.62. The first-order valence-corrected chi connectivity index (χ1v) is 10.7. The number of rotatable bonds is 3. The van der Waals surface area contributed by atoms with E-state index in [9.17, 15) is 18.0 Å². The number of carboxylic acids is 1. The molecule has 2 N–H and O–H groups in total. The molecule has 33 heavy (non-hydrogen) atoms. The van der Waals surface area contributed by atoms with Crippen LogP contribution in [0.3, 0.4) is 0 Å². The summed E-state index contributed by atoms with van der Waals surface area (Å²) in [5.74, 6) is -2.76. The normalized spacial score (nSPS) is 16.1. The lowest BCUT2D eigenvalue weighted by atomic mass is 10.1. The van der Waals surface area contributed by atoms with Crippen LogP contribution in [0, 0.1) is 6.92 Å². The summed E-state index contributed by atoms with van der Waals surface area (Å²) < 4.78 is 33.7. The van der Waals surface area contributed by atoms with E-state index in [0.29, 0.717) is 13.1 Å². The number of aliphatic carboxylic acids is 1. The van der Waals surface area contributed by atoms with Crippen molar-refractivity contribution in [2.75, 3.05) is 18.4 Å². The monoisotopic (exact) mass is 467 g/mol. The number of fused-ring (bicyclic) bond motifs is 1. The van der Waals surface area contributed by atoms with Crippen molar-refractivity contribution in [3.05, 3.63) is 46.8 Å². The Balaban J connectivity index is 0.000000383. The van der Waals surface area contributed by atoms with E-state index in [1.54, 1.807) is 0 Å². The fourth-order valence-electron chi connectivity index (χ4n) is 3.91. The zero-order valence-electron chi connectivity index (χ0n) is 18.7. The third kappa shape index (κ3) is 6.47. The maximum Gasteiger partial charge on any atom is 0.490 e. The first-order valence-electron chi connectivity index (χ1n) is 10.7. The standard InChI is InChI=1S/C20H27N5O.C2HF3O2/c1-15-6-8-16(9-7-15)21-20(26)25-12-17-18(22-23(2)19(17)14-25)13-24-10-4-3-5-11-24;3-2(4,5)1(6)7/h6-9H,3-5,10-14H2,1-2H3,(H,21,26);(H,6,7). The zero-order valence-corrected chi connectivity index (χ0v) is 18.7. The molecule has 11 heteroatoms. The van der Waals surface area contributed by atoms with E-state index in [-0.39, 0.29) is 6.03 Å². The van der Waals surface area contributed by atoms with Gasteiger partial charge in [-0.2, -0.15) is 18.3 Å². The van der Waals surface area contributed by atoms with Crippen LogP contribution in [0.1, 0.15) is 41.8 Å². The van der Waals surface area contributed by atoms with Gasteiger partial charge in [0, 0.05) is 24.8 Å². The molecule has 0 radical (unpaired) electrons. The van der Waals surface area contributed by atoms with Gasteiger partial charge in [0.15, 0.2) is 0 Å². The molecule has 1 fully saturated rings. The lowest BCUT2D eigenvalue weighted by molar-refractivity contribution is -0.192. The number of halogens is 3. The molecule has 2 aliphatic rings. The van der Waals surface area contributed by atoms with Crippen LogP contribution >= 0.6 is 0 Å². The Bertz CT molecular complexity index is 982. The van der Waals surface area contributed by atoms with Gasteiger partial charge in [-0.05, 0) is 45.0 Å². The van der Waals surface area contributed by atoms with Gasteiger partial charge in [-0.25, -0.2) is 9.59 Å². The predicted molar refractivity (Wildman–Crippen MR) is 115 cm³/mol. The fraction of sp³-hybridized carbons (Fsp3) is 0.500. The molecule has 0 unspecified atom stereocenters. The Morgan fingerprint density at radius 2 is 1.70 bits per heavy atom. The molecule has 0 saturated carbocycles. The number of carboxylic acid groups (broad SMARTS) is 1. The fourth-order valence-corrected chi connectivity index (χ4v) is 3.91. The van der Waals surface area contributed by atoms with Gasteiger partial charge < -0.3 is 15.3 Å². The van der Waals surface area contributed by atoms with E-state index in [1.807, 2.05) is 47.8 Å². The van der Waals surface area contributed by atoms with Gasteiger partial charge in [0.05, 0.1) is 24.5 Å². The van der Waals surface area contributed by atoms with Gasteiger partial charge in [-0.15, -0.1) is 0 Å². The zero-order chi connectivity index (χ0) is 24.2. The summed E-state index contributed by atoms with van der Waals surface area (Å²) in [5.41, 5.74) is 5.55. The minimum Gasteiger partial charge on any atom is -0.475 e. The maximum atomic E-state index is 12.7. The molecule has 8 nitrogen and oxygen atoms in total. The van der Waals surface area contributed by atoms with Crippen molar-refractivity contribution in [1.82, 2.24) is 19.6 Å². The van der Waals surface area contributed by atoms with Crippen LogP contribution in [0.25, 0.3) is 0 Å². The van der Waals surface area contributed by atoms with Crippen molar-refractivity contribution < 1.29 is 27.9 Å². The van der Waals surface area contributed by atoms with Crippen LogP contribution < -0.4 is 5.32 Å². The number of amides is 2. The Morgan fingerprint density at radius 1 is 1.09 bits per heavy atom.